The zero-order valence-electron chi connectivity index (χ0n) is 14.3. The number of allylic oxidation sites excluding steroid dienone is 3. The van der Waals surface area contributed by atoms with Crippen molar-refractivity contribution in [3.8, 4) is 0 Å². The highest BCUT2D eigenvalue weighted by atomic mass is 79.9. The highest BCUT2D eigenvalue weighted by Crippen LogP contribution is 2.22. The number of amides is 1. The number of thiophene rings is 1. The minimum absolute atomic E-state index is 0.173. The predicted molar refractivity (Wildman–Crippen MR) is 111 cm³/mol. The van der Waals surface area contributed by atoms with Crippen molar-refractivity contribution in [2.75, 3.05) is 0 Å². The molecule has 0 fully saturated rings. The lowest BCUT2D eigenvalue weighted by Crippen LogP contribution is -2.25. The normalized spacial score (nSPS) is 14.1. The monoisotopic (exact) mass is 444 g/mol. The summed E-state index contributed by atoms with van der Waals surface area (Å²) in [6.45, 7) is 0.406. The maximum absolute atomic E-state index is 12.5. The van der Waals surface area contributed by atoms with Crippen molar-refractivity contribution in [1.82, 2.24) is 14.9 Å². The number of hydrogen-bond acceptors (Lipinski definition) is 4. The molecule has 2 aromatic heterocycles. The van der Waals surface area contributed by atoms with Gasteiger partial charge < -0.3 is 16.0 Å². The van der Waals surface area contributed by atoms with E-state index < -0.39 is 0 Å². The van der Waals surface area contributed by atoms with Crippen LogP contribution in [0.15, 0.2) is 63.1 Å². The van der Waals surface area contributed by atoms with E-state index in [2.05, 4.69) is 26.2 Å². The standard InChI is InChI=1S/C19H17BrN4O2S/c20-11-5-7-16-15(9-11)23-19(26)24(16)10-12-6-8-17(27-12)18(25)22-14-4-2-1-3-13(14)21/h2,4-9H,1,3,10,21H2,(H,22,25)(H,23,26). The molecule has 0 saturated heterocycles. The van der Waals surface area contributed by atoms with Gasteiger partial charge in [-0.2, -0.15) is 0 Å². The number of nitrogens with one attached hydrogen (secondary N) is 2. The molecular formula is C19H17BrN4O2S. The van der Waals surface area contributed by atoms with Gasteiger partial charge in [-0.3, -0.25) is 9.36 Å². The Morgan fingerprint density at radius 1 is 1.33 bits per heavy atom. The first-order chi connectivity index (χ1) is 13.0. The van der Waals surface area contributed by atoms with Crippen molar-refractivity contribution in [1.29, 1.82) is 0 Å². The number of nitrogens with zero attached hydrogens (tertiary/aromatic N) is 1. The molecule has 0 atom stereocenters. The first kappa shape index (κ1) is 17.8. The molecule has 0 bridgehead atoms. The molecule has 0 spiro atoms. The predicted octanol–water partition coefficient (Wildman–Crippen LogP) is 3.45. The van der Waals surface area contributed by atoms with E-state index in [4.69, 9.17) is 5.73 Å². The molecular weight excluding hydrogens is 428 g/mol. The Kier molecular flexibility index (Phi) is 4.75. The summed E-state index contributed by atoms with van der Waals surface area (Å²) in [5, 5.41) is 2.86. The van der Waals surface area contributed by atoms with E-state index in [-0.39, 0.29) is 11.6 Å². The highest BCUT2D eigenvalue weighted by molar-refractivity contribution is 9.10. The third-order valence-corrected chi connectivity index (χ3v) is 5.96. The fourth-order valence-electron chi connectivity index (χ4n) is 3.02. The molecule has 1 amide bonds. The molecule has 8 heteroatoms. The highest BCUT2D eigenvalue weighted by Gasteiger charge is 2.14. The van der Waals surface area contributed by atoms with Gasteiger partial charge in [0.15, 0.2) is 0 Å². The Hall–Kier alpha value is -2.58. The smallest absolute Gasteiger partial charge is 0.326 e. The third-order valence-electron chi connectivity index (χ3n) is 4.39. The molecule has 1 aromatic carbocycles. The van der Waals surface area contributed by atoms with Crippen molar-refractivity contribution < 1.29 is 4.79 Å². The van der Waals surface area contributed by atoms with Crippen LogP contribution in [0.25, 0.3) is 11.0 Å². The maximum Gasteiger partial charge on any atom is 0.326 e. The van der Waals surface area contributed by atoms with Gasteiger partial charge in [-0.15, -0.1) is 11.3 Å². The van der Waals surface area contributed by atoms with E-state index >= 15 is 0 Å². The van der Waals surface area contributed by atoms with Crippen LogP contribution in [-0.4, -0.2) is 15.5 Å². The number of aromatic nitrogens is 2. The molecule has 2 heterocycles. The lowest BCUT2D eigenvalue weighted by Gasteiger charge is -2.12. The van der Waals surface area contributed by atoms with Crippen molar-refractivity contribution in [3.05, 3.63) is 78.6 Å². The average Bonchev–Trinajstić information content (AvgIpc) is 3.22. The number of imidazole rings is 1. The van der Waals surface area contributed by atoms with Crippen LogP contribution in [0.2, 0.25) is 0 Å². The average molecular weight is 445 g/mol. The second-order valence-corrected chi connectivity index (χ2v) is 8.36. The summed E-state index contributed by atoms with van der Waals surface area (Å²) in [5.41, 5.74) is 8.74. The first-order valence-corrected chi connectivity index (χ1v) is 10.1. The largest absolute Gasteiger partial charge is 0.400 e. The fraction of sp³-hybridized carbons (Fsp3) is 0.158. The molecule has 0 radical (unpaired) electrons. The molecule has 4 rings (SSSR count). The van der Waals surface area contributed by atoms with Crippen LogP contribution >= 0.6 is 27.3 Å². The van der Waals surface area contributed by atoms with Crippen LogP contribution in [0.3, 0.4) is 0 Å². The molecule has 4 N–H and O–H groups in total. The quantitative estimate of drug-likeness (QED) is 0.575. The Labute approximate surface area is 167 Å². The Bertz CT molecular complexity index is 1150. The van der Waals surface area contributed by atoms with E-state index in [1.54, 1.807) is 10.6 Å². The molecule has 27 heavy (non-hydrogen) atoms. The Morgan fingerprint density at radius 3 is 3.00 bits per heavy atom. The zero-order chi connectivity index (χ0) is 19.0. The van der Waals surface area contributed by atoms with Gasteiger partial charge in [0.25, 0.3) is 5.91 Å². The van der Waals surface area contributed by atoms with Gasteiger partial charge >= 0.3 is 5.69 Å². The van der Waals surface area contributed by atoms with Crippen molar-refractivity contribution in [2.45, 2.75) is 19.4 Å². The number of H-pyrrole nitrogens is 1. The van der Waals surface area contributed by atoms with Gasteiger partial charge in [-0.1, -0.05) is 22.0 Å². The van der Waals surface area contributed by atoms with Crippen molar-refractivity contribution in [3.63, 3.8) is 0 Å². The molecule has 6 nitrogen and oxygen atoms in total. The second-order valence-electron chi connectivity index (χ2n) is 6.28. The zero-order valence-corrected chi connectivity index (χ0v) is 16.7. The van der Waals surface area contributed by atoms with Gasteiger partial charge in [0, 0.05) is 15.0 Å². The summed E-state index contributed by atoms with van der Waals surface area (Å²) < 4.78 is 2.57. The third kappa shape index (κ3) is 3.63. The van der Waals surface area contributed by atoms with E-state index in [0.29, 0.717) is 22.8 Å². The van der Waals surface area contributed by atoms with Crippen LogP contribution < -0.4 is 16.7 Å². The minimum Gasteiger partial charge on any atom is -0.400 e. The molecule has 3 aromatic rings. The van der Waals surface area contributed by atoms with Crippen LogP contribution in [-0.2, 0) is 6.54 Å². The maximum atomic E-state index is 12.5. The van der Waals surface area contributed by atoms with Gasteiger partial charge in [-0.25, -0.2) is 4.79 Å². The van der Waals surface area contributed by atoms with Gasteiger partial charge in [0.1, 0.15) is 0 Å². The molecule has 1 aliphatic carbocycles. The van der Waals surface area contributed by atoms with Gasteiger partial charge in [-0.05, 0) is 49.2 Å². The van der Waals surface area contributed by atoms with Crippen LogP contribution in [0.1, 0.15) is 27.4 Å². The second kappa shape index (κ2) is 7.21. The number of halogens is 1. The number of hydrogen-bond donors (Lipinski definition) is 3. The summed E-state index contributed by atoms with van der Waals surface area (Å²) in [4.78, 5) is 29.1. The molecule has 0 saturated carbocycles. The lowest BCUT2D eigenvalue weighted by molar-refractivity contribution is 0.0970. The summed E-state index contributed by atoms with van der Waals surface area (Å²) in [6.07, 6.45) is 5.48. The summed E-state index contributed by atoms with van der Waals surface area (Å²) in [6, 6.07) is 9.31. The molecule has 0 unspecified atom stereocenters. The molecule has 0 aliphatic heterocycles. The topological polar surface area (TPSA) is 92.9 Å². The number of rotatable bonds is 4. The molecule has 138 valence electrons. The Morgan fingerprint density at radius 2 is 2.19 bits per heavy atom. The van der Waals surface area contributed by atoms with Gasteiger partial charge in [0.05, 0.1) is 28.2 Å². The SMILES string of the molecule is NC1=C(NC(=O)c2ccc(Cn3c(=O)[nH]c4cc(Br)ccc43)s2)C=CCC1. The Balaban J connectivity index is 1.55. The van der Waals surface area contributed by atoms with E-state index in [1.165, 1.54) is 11.3 Å². The van der Waals surface area contributed by atoms with E-state index in [9.17, 15) is 9.59 Å². The number of carbonyl (C=O) groups is 1. The fourth-order valence-corrected chi connectivity index (χ4v) is 4.27. The number of carbonyl (C=O) groups excluding carboxylic acids is 1. The first-order valence-electron chi connectivity index (χ1n) is 8.44. The van der Waals surface area contributed by atoms with Crippen LogP contribution in [0.4, 0.5) is 0 Å². The lowest BCUT2D eigenvalue weighted by atomic mass is 10.1. The number of fused-ring (bicyclic) bond motifs is 1. The molecule has 1 aliphatic rings. The van der Waals surface area contributed by atoms with Gasteiger partial charge in [0.2, 0.25) is 0 Å². The minimum atomic E-state index is -0.189. The number of aromatic amines is 1. The number of benzene rings is 1. The van der Waals surface area contributed by atoms with Crippen LogP contribution in [0.5, 0.6) is 0 Å². The van der Waals surface area contributed by atoms with Crippen molar-refractivity contribution in [2.24, 2.45) is 5.73 Å². The van der Waals surface area contributed by atoms with Crippen molar-refractivity contribution >= 4 is 44.2 Å². The summed E-state index contributed by atoms with van der Waals surface area (Å²) in [7, 11) is 0. The van der Waals surface area contributed by atoms with E-state index in [1.807, 2.05) is 36.4 Å². The van der Waals surface area contributed by atoms with Crippen LogP contribution in [0, 0.1) is 0 Å². The van der Waals surface area contributed by atoms with E-state index in [0.717, 1.165) is 33.2 Å². The summed E-state index contributed by atoms with van der Waals surface area (Å²) in [5.74, 6) is -0.189. The summed E-state index contributed by atoms with van der Waals surface area (Å²) >= 11 is 4.77. The number of nitrogens with two attached hydrogens (primary N) is 1.